The summed E-state index contributed by atoms with van der Waals surface area (Å²) in [5.74, 6) is 0. The van der Waals surface area contributed by atoms with E-state index in [4.69, 9.17) is 5.73 Å². The number of para-hydroxylation sites is 1. The van der Waals surface area contributed by atoms with Crippen molar-refractivity contribution in [1.29, 1.82) is 0 Å². The van der Waals surface area contributed by atoms with Gasteiger partial charge in [-0.3, -0.25) is 0 Å². The number of nitrogens with one attached hydrogen (secondary N) is 1. The Hall–Kier alpha value is -1.37. The largest absolute Gasteiger partial charge is 0.347 e. The van der Waals surface area contributed by atoms with Crippen LogP contribution in [0.1, 0.15) is 19.5 Å². The van der Waals surface area contributed by atoms with Crippen LogP contribution in [0.2, 0.25) is 0 Å². The molecule has 0 unspecified atom stereocenters. The SMILES string of the molecule is Cc1c(S(=O)(=O)NC(C)(C)CN)c2ccccc2n1C. The number of aryl methyl sites for hydroxylation is 1. The quantitative estimate of drug-likeness (QED) is 0.897. The molecule has 0 bridgehead atoms. The molecule has 0 aliphatic heterocycles. The zero-order valence-electron chi connectivity index (χ0n) is 12.3. The molecule has 2 aromatic rings. The molecule has 0 aliphatic carbocycles. The molecule has 3 N–H and O–H groups in total. The van der Waals surface area contributed by atoms with Gasteiger partial charge in [0, 0.05) is 35.7 Å². The fourth-order valence-corrected chi connectivity index (χ4v) is 4.18. The van der Waals surface area contributed by atoms with E-state index in [1.165, 1.54) is 0 Å². The van der Waals surface area contributed by atoms with Crippen molar-refractivity contribution in [3.63, 3.8) is 0 Å². The first-order chi connectivity index (χ1) is 9.19. The van der Waals surface area contributed by atoms with Gasteiger partial charge in [-0.2, -0.15) is 0 Å². The summed E-state index contributed by atoms with van der Waals surface area (Å²) in [4.78, 5) is 0.331. The Morgan fingerprint density at radius 1 is 1.30 bits per heavy atom. The maximum atomic E-state index is 12.7. The summed E-state index contributed by atoms with van der Waals surface area (Å²) in [5, 5.41) is 0.729. The molecule has 20 heavy (non-hydrogen) atoms. The van der Waals surface area contributed by atoms with Crippen LogP contribution in [-0.2, 0) is 17.1 Å². The van der Waals surface area contributed by atoms with Crippen LogP contribution in [0.3, 0.4) is 0 Å². The molecule has 1 aromatic carbocycles. The molecule has 0 radical (unpaired) electrons. The molecule has 1 heterocycles. The number of hydrogen-bond donors (Lipinski definition) is 2. The lowest BCUT2D eigenvalue weighted by atomic mass is 10.1. The van der Waals surface area contributed by atoms with Crippen molar-refractivity contribution < 1.29 is 8.42 Å². The topological polar surface area (TPSA) is 77.1 Å². The lowest BCUT2D eigenvalue weighted by Crippen LogP contribution is -2.48. The number of benzene rings is 1. The van der Waals surface area contributed by atoms with E-state index in [-0.39, 0.29) is 6.54 Å². The highest BCUT2D eigenvalue weighted by atomic mass is 32.2. The Balaban J connectivity index is 2.67. The normalized spacial score (nSPS) is 13.1. The maximum absolute atomic E-state index is 12.7. The lowest BCUT2D eigenvalue weighted by Gasteiger charge is -2.24. The monoisotopic (exact) mass is 295 g/mol. The van der Waals surface area contributed by atoms with Gasteiger partial charge in [0.1, 0.15) is 4.90 Å². The third kappa shape index (κ3) is 2.46. The molecule has 2 rings (SSSR count). The van der Waals surface area contributed by atoms with Crippen LogP contribution in [0.25, 0.3) is 10.9 Å². The number of hydrogen-bond acceptors (Lipinski definition) is 3. The molecule has 0 aliphatic rings. The summed E-state index contributed by atoms with van der Waals surface area (Å²) in [6, 6.07) is 7.48. The molecule has 1 aromatic heterocycles. The number of fused-ring (bicyclic) bond motifs is 1. The summed E-state index contributed by atoms with van der Waals surface area (Å²) in [5.41, 5.74) is 6.55. The van der Waals surface area contributed by atoms with Gasteiger partial charge in [-0.15, -0.1) is 0 Å². The molecule has 0 saturated heterocycles. The predicted molar refractivity (Wildman–Crippen MR) is 81.1 cm³/mol. The third-order valence-electron chi connectivity index (χ3n) is 3.53. The molecule has 0 spiro atoms. The third-order valence-corrected chi connectivity index (χ3v) is 5.41. The minimum absolute atomic E-state index is 0.232. The molecule has 110 valence electrons. The van der Waals surface area contributed by atoms with Gasteiger partial charge in [-0.05, 0) is 26.8 Å². The Bertz CT molecular complexity index is 745. The van der Waals surface area contributed by atoms with Crippen molar-refractivity contribution in [1.82, 2.24) is 9.29 Å². The summed E-state index contributed by atoms with van der Waals surface area (Å²) in [7, 11) is -1.75. The number of sulfonamides is 1. The van der Waals surface area contributed by atoms with Gasteiger partial charge in [0.25, 0.3) is 0 Å². The highest BCUT2D eigenvalue weighted by molar-refractivity contribution is 7.89. The Kier molecular flexibility index (Phi) is 3.66. The molecule has 0 fully saturated rings. The lowest BCUT2D eigenvalue weighted by molar-refractivity contribution is 0.462. The van der Waals surface area contributed by atoms with Crippen molar-refractivity contribution >= 4 is 20.9 Å². The van der Waals surface area contributed by atoms with E-state index in [0.717, 1.165) is 10.9 Å². The summed E-state index contributed by atoms with van der Waals surface area (Å²) >= 11 is 0. The molecule has 0 saturated carbocycles. The van der Waals surface area contributed by atoms with Crippen LogP contribution in [0.15, 0.2) is 29.2 Å². The summed E-state index contributed by atoms with van der Waals surface area (Å²) in [6.45, 7) is 5.58. The van der Waals surface area contributed by atoms with E-state index in [0.29, 0.717) is 10.6 Å². The van der Waals surface area contributed by atoms with Gasteiger partial charge < -0.3 is 10.3 Å². The predicted octanol–water partition coefficient (Wildman–Crippen LogP) is 1.50. The van der Waals surface area contributed by atoms with E-state index < -0.39 is 15.6 Å². The molecular formula is C14H21N3O2S. The first-order valence-corrected chi connectivity index (χ1v) is 7.96. The van der Waals surface area contributed by atoms with Gasteiger partial charge in [0.15, 0.2) is 0 Å². The molecular weight excluding hydrogens is 274 g/mol. The Labute approximate surface area is 119 Å². The van der Waals surface area contributed by atoms with E-state index in [2.05, 4.69) is 4.72 Å². The Morgan fingerprint density at radius 2 is 1.90 bits per heavy atom. The van der Waals surface area contributed by atoms with Crippen LogP contribution >= 0.6 is 0 Å². The number of aromatic nitrogens is 1. The molecule has 0 amide bonds. The second-order valence-electron chi connectivity index (χ2n) is 5.68. The summed E-state index contributed by atoms with van der Waals surface area (Å²) in [6.07, 6.45) is 0. The fourth-order valence-electron chi connectivity index (χ4n) is 2.28. The number of nitrogens with zero attached hydrogens (tertiary/aromatic N) is 1. The van der Waals surface area contributed by atoms with Gasteiger partial charge >= 0.3 is 0 Å². The molecule has 0 atom stereocenters. The van der Waals surface area contributed by atoms with Gasteiger partial charge in [0.2, 0.25) is 10.0 Å². The highest BCUT2D eigenvalue weighted by Crippen LogP contribution is 2.29. The second kappa shape index (κ2) is 4.87. The fraction of sp³-hybridized carbons (Fsp3) is 0.429. The van der Waals surface area contributed by atoms with Crippen molar-refractivity contribution in [2.45, 2.75) is 31.2 Å². The van der Waals surface area contributed by atoms with E-state index in [9.17, 15) is 8.42 Å². The minimum Gasteiger partial charge on any atom is -0.347 e. The summed E-state index contributed by atoms with van der Waals surface area (Å²) < 4.78 is 29.9. The standard InChI is InChI=1S/C14H21N3O2S/c1-10-13(20(18,19)16-14(2,3)9-15)11-7-5-6-8-12(11)17(10)4/h5-8,16H,9,15H2,1-4H3. The number of nitrogens with two attached hydrogens (primary N) is 1. The second-order valence-corrected chi connectivity index (χ2v) is 7.30. The van der Waals surface area contributed by atoms with Crippen molar-refractivity contribution in [2.24, 2.45) is 12.8 Å². The average Bonchev–Trinajstić information content (AvgIpc) is 2.62. The van der Waals surface area contributed by atoms with Crippen LogP contribution in [0, 0.1) is 6.92 Å². The van der Waals surface area contributed by atoms with E-state index in [1.807, 2.05) is 42.8 Å². The molecule has 6 heteroatoms. The smallest absolute Gasteiger partial charge is 0.243 e. The zero-order chi connectivity index (χ0) is 15.1. The van der Waals surface area contributed by atoms with Crippen LogP contribution in [0.5, 0.6) is 0 Å². The van der Waals surface area contributed by atoms with Crippen LogP contribution in [-0.4, -0.2) is 25.1 Å². The van der Waals surface area contributed by atoms with Crippen molar-refractivity contribution in [2.75, 3.05) is 6.54 Å². The van der Waals surface area contributed by atoms with E-state index >= 15 is 0 Å². The van der Waals surface area contributed by atoms with Crippen LogP contribution in [0.4, 0.5) is 0 Å². The first-order valence-electron chi connectivity index (χ1n) is 6.48. The Morgan fingerprint density at radius 3 is 2.50 bits per heavy atom. The van der Waals surface area contributed by atoms with Gasteiger partial charge in [-0.25, -0.2) is 13.1 Å². The zero-order valence-corrected chi connectivity index (χ0v) is 13.1. The van der Waals surface area contributed by atoms with Crippen LogP contribution < -0.4 is 10.5 Å². The average molecular weight is 295 g/mol. The number of rotatable bonds is 4. The van der Waals surface area contributed by atoms with Gasteiger partial charge in [0.05, 0.1) is 0 Å². The van der Waals surface area contributed by atoms with Crippen molar-refractivity contribution in [3.05, 3.63) is 30.0 Å². The highest BCUT2D eigenvalue weighted by Gasteiger charge is 2.29. The molecule has 5 nitrogen and oxygen atoms in total. The first kappa shape index (κ1) is 15.0. The van der Waals surface area contributed by atoms with Gasteiger partial charge in [-0.1, -0.05) is 18.2 Å². The van der Waals surface area contributed by atoms with Crippen molar-refractivity contribution in [3.8, 4) is 0 Å². The maximum Gasteiger partial charge on any atom is 0.243 e. The van der Waals surface area contributed by atoms with E-state index in [1.54, 1.807) is 13.8 Å². The minimum atomic E-state index is -3.62.